The first kappa shape index (κ1) is 32.6. The summed E-state index contributed by atoms with van der Waals surface area (Å²) in [6.45, 7) is 2.21. The maximum Gasteiger partial charge on any atom is 0.136 e. The first-order chi connectivity index (χ1) is 28.7. The van der Waals surface area contributed by atoms with Crippen LogP contribution in [0.1, 0.15) is 5.56 Å². The van der Waals surface area contributed by atoms with Crippen LogP contribution < -0.4 is 0 Å². The van der Waals surface area contributed by atoms with Crippen molar-refractivity contribution in [1.82, 2.24) is 9.13 Å². The molecule has 0 amide bonds. The molecule has 0 aliphatic carbocycles. The molecule has 12 aromatic rings. The molecule has 0 radical (unpaired) electrons. The van der Waals surface area contributed by atoms with Crippen molar-refractivity contribution in [3.63, 3.8) is 0 Å². The fourth-order valence-electron chi connectivity index (χ4n) is 9.63. The van der Waals surface area contributed by atoms with Crippen molar-refractivity contribution in [2.75, 3.05) is 0 Å². The summed E-state index contributed by atoms with van der Waals surface area (Å²) < 4.78 is 11.2. The first-order valence-corrected chi connectivity index (χ1v) is 19.9. The number of benzene rings is 9. The molecule has 13 rings (SSSR count). The molecule has 3 nitrogen and oxygen atoms in total. The molecule has 4 heterocycles. The lowest BCUT2D eigenvalue weighted by atomic mass is 9.90. The van der Waals surface area contributed by atoms with Gasteiger partial charge in [-0.2, -0.15) is 0 Å². The van der Waals surface area contributed by atoms with Gasteiger partial charge >= 0.3 is 0 Å². The van der Waals surface area contributed by atoms with Gasteiger partial charge in [-0.3, -0.25) is 0 Å². The van der Waals surface area contributed by atoms with Gasteiger partial charge in [0.25, 0.3) is 0 Å². The van der Waals surface area contributed by atoms with Crippen molar-refractivity contribution in [2.24, 2.45) is 0 Å². The van der Waals surface area contributed by atoms with E-state index in [0.29, 0.717) is 0 Å². The molecule has 3 heteroatoms. The smallest absolute Gasteiger partial charge is 0.136 e. The fraction of sp³-hybridized carbons (Fsp3) is 0.0182. The number of hydrogen-bond donors (Lipinski definition) is 0. The highest BCUT2D eigenvalue weighted by Crippen LogP contribution is 2.50. The minimum Gasteiger partial charge on any atom is -0.456 e. The van der Waals surface area contributed by atoms with E-state index in [4.69, 9.17) is 4.42 Å². The number of fused-ring (bicyclic) bond motifs is 14. The Balaban J connectivity index is 0.000000161. The van der Waals surface area contributed by atoms with Crippen molar-refractivity contribution in [2.45, 2.75) is 6.92 Å². The largest absolute Gasteiger partial charge is 0.456 e. The minimum atomic E-state index is 0.916. The highest BCUT2D eigenvalue weighted by Gasteiger charge is 2.27. The van der Waals surface area contributed by atoms with Crippen LogP contribution in [-0.2, 0) is 0 Å². The predicted molar refractivity (Wildman–Crippen MR) is 243 cm³/mol. The third-order valence-corrected chi connectivity index (χ3v) is 12.0. The van der Waals surface area contributed by atoms with Crippen LogP contribution in [0.2, 0.25) is 0 Å². The molecule has 272 valence electrons. The van der Waals surface area contributed by atoms with Gasteiger partial charge in [-0.25, -0.2) is 0 Å². The molecule has 0 saturated carbocycles. The van der Waals surface area contributed by atoms with Crippen LogP contribution in [0, 0.1) is 6.92 Å². The summed E-state index contributed by atoms with van der Waals surface area (Å²) in [6, 6.07) is 71.6. The van der Waals surface area contributed by atoms with Gasteiger partial charge in [0.1, 0.15) is 11.2 Å². The molecule has 0 unspecified atom stereocenters. The highest BCUT2D eigenvalue weighted by molar-refractivity contribution is 6.19. The maximum absolute atomic E-state index is 6.32. The second-order valence-electron chi connectivity index (χ2n) is 15.3. The third kappa shape index (κ3) is 4.74. The Hall–Kier alpha value is -7.62. The number of aryl methyl sites for hydroxylation is 1. The van der Waals surface area contributed by atoms with Crippen molar-refractivity contribution >= 4 is 65.6 Å². The van der Waals surface area contributed by atoms with E-state index in [0.717, 1.165) is 21.9 Å². The highest BCUT2D eigenvalue weighted by atomic mass is 16.3. The molecule has 0 saturated heterocycles. The molecule has 0 N–H and O–H groups in total. The van der Waals surface area contributed by atoms with Gasteiger partial charge in [0.2, 0.25) is 0 Å². The zero-order valence-electron chi connectivity index (χ0n) is 31.9. The van der Waals surface area contributed by atoms with Crippen LogP contribution in [0.3, 0.4) is 0 Å². The quantitative estimate of drug-likeness (QED) is 0.173. The molecule has 0 bridgehead atoms. The van der Waals surface area contributed by atoms with Crippen LogP contribution in [0.25, 0.3) is 110 Å². The molecule has 58 heavy (non-hydrogen) atoms. The summed E-state index contributed by atoms with van der Waals surface area (Å²) in [4.78, 5) is 0. The molecule has 0 spiro atoms. The van der Waals surface area contributed by atoms with Crippen molar-refractivity contribution in [1.29, 1.82) is 0 Å². The average molecular weight is 741 g/mol. The molecule has 0 fully saturated rings. The number of rotatable bonds is 2. The molecular formula is C55H36N2O. The number of hydrogen-bond acceptors (Lipinski definition) is 1. The van der Waals surface area contributed by atoms with Gasteiger partial charge in [0, 0.05) is 54.7 Å². The Morgan fingerprint density at radius 3 is 1.53 bits per heavy atom. The Bertz CT molecular complexity index is 3530. The standard InChI is InChI=1S/C37H23NO.C18H13N/c1-22-20-30-24-11-3-2-10-23(24)27-15-8-16-28(26-14-9-19-34-35(26)29-13-5-7-18-33(29)39-34)36(27)38-32-17-6-4-12-25(32)31(21-22)37(30)38;1-2-8-14(9-3-1)19-17-12-6-4-10-15(17)16-11-5-7-13-18(16)19/h2-21H,1H3;1-13H. The zero-order valence-corrected chi connectivity index (χ0v) is 31.9. The van der Waals surface area contributed by atoms with Crippen LogP contribution in [0.4, 0.5) is 0 Å². The molecule has 3 aromatic heterocycles. The normalized spacial score (nSPS) is 11.9. The zero-order chi connectivity index (χ0) is 38.3. The van der Waals surface area contributed by atoms with E-state index < -0.39 is 0 Å². The lowest BCUT2D eigenvalue weighted by Crippen LogP contribution is -1.99. The second kappa shape index (κ2) is 12.7. The lowest BCUT2D eigenvalue weighted by Gasteiger charge is -2.18. The topological polar surface area (TPSA) is 23.0 Å². The summed E-state index contributed by atoms with van der Waals surface area (Å²) in [5.74, 6) is 0. The predicted octanol–water partition coefficient (Wildman–Crippen LogP) is 15.1. The van der Waals surface area contributed by atoms with Gasteiger partial charge in [-0.15, -0.1) is 0 Å². The monoisotopic (exact) mass is 740 g/mol. The van der Waals surface area contributed by atoms with E-state index >= 15 is 0 Å². The van der Waals surface area contributed by atoms with E-state index in [2.05, 4.69) is 210 Å². The van der Waals surface area contributed by atoms with Gasteiger partial charge in [0.05, 0.1) is 27.8 Å². The van der Waals surface area contributed by atoms with E-state index in [1.807, 2.05) is 6.07 Å². The van der Waals surface area contributed by atoms with Crippen molar-refractivity contribution in [3.8, 4) is 44.8 Å². The molecule has 1 aliphatic rings. The lowest BCUT2D eigenvalue weighted by molar-refractivity contribution is 0.669. The van der Waals surface area contributed by atoms with Crippen LogP contribution in [0.15, 0.2) is 205 Å². The molecule has 9 aromatic carbocycles. The maximum atomic E-state index is 6.32. The van der Waals surface area contributed by atoms with E-state index in [1.165, 1.54) is 93.9 Å². The second-order valence-corrected chi connectivity index (χ2v) is 15.3. The molecule has 1 aliphatic heterocycles. The Labute approximate surface area is 335 Å². The van der Waals surface area contributed by atoms with Crippen LogP contribution >= 0.6 is 0 Å². The number of para-hydroxylation sites is 6. The summed E-state index contributed by atoms with van der Waals surface area (Å²) in [6.07, 6.45) is 0. The molecule has 0 atom stereocenters. The fourth-order valence-corrected chi connectivity index (χ4v) is 9.63. The van der Waals surface area contributed by atoms with E-state index in [9.17, 15) is 0 Å². The SMILES string of the molecule is Cc1cc2c3c(c1)c1ccccc1n3-c1c(cccc1-c1cccc3oc4ccccc4c13)-c1ccccc1-2.c1ccc(-n2c3ccccc3c3ccccc32)cc1. The van der Waals surface area contributed by atoms with Crippen molar-refractivity contribution in [3.05, 3.63) is 206 Å². The summed E-state index contributed by atoms with van der Waals surface area (Å²) in [5.41, 5.74) is 18.0. The average Bonchev–Trinajstić information content (AvgIpc) is 3.92. The third-order valence-electron chi connectivity index (χ3n) is 12.0. The number of furan rings is 1. The van der Waals surface area contributed by atoms with E-state index in [1.54, 1.807) is 0 Å². The van der Waals surface area contributed by atoms with Gasteiger partial charge in [-0.1, -0.05) is 146 Å². The summed E-state index contributed by atoms with van der Waals surface area (Å²) in [7, 11) is 0. The van der Waals surface area contributed by atoms with Crippen LogP contribution in [0.5, 0.6) is 0 Å². The number of nitrogens with zero attached hydrogens (tertiary/aromatic N) is 2. The van der Waals surface area contributed by atoms with Crippen LogP contribution in [-0.4, -0.2) is 9.13 Å². The van der Waals surface area contributed by atoms with Crippen molar-refractivity contribution < 1.29 is 4.42 Å². The van der Waals surface area contributed by atoms with E-state index in [-0.39, 0.29) is 0 Å². The Kier molecular flexibility index (Phi) is 7.14. The number of aromatic nitrogens is 2. The van der Waals surface area contributed by atoms with Gasteiger partial charge in [-0.05, 0) is 83.8 Å². The summed E-state index contributed by atoms with van der Waals surface area (Å²) in [5, 5.41) is 7.50. The Morgan fingerprint density at radius 1 is 0.345 bits per heavy atom. The first-order valence-electron chi connectivity index (χ1n) is 19.9. The van der Waals surface area contributed by atoms with Gasteiger partial charge in [0.15, 0.2) is 0 Å². The Morgan fingerprint density at radius 2 is 0.828 bits per heavy atom. The molecular weight excluding hydrogens is 705 g/mol. The minimum absolute atomic E-state index is 0.916. The summed E-state index contributed by atoms with van der Waals surface area (Å²) >= 11 is 0. The van der Waals surface area contributed by atoms with Gasteiger partial charge < -0.3 is 13.6 Å².